The van der Waals surface area contributed by atoms with Crippen LogP contribution < -0.4 is 10.1 Å². The van der Waals surface area contributed by atoms with E-state index in [1.807, 2.05) is 24.3 Å². The monoisotopic (exact) mass is 371 g/mol. The van der Waals surface area contributed by atoms with Gasteiger partial charge in [-0.15, -0.1) is 0 Å². The third-order valence-corrected chi connectivity index (χ3v) is 4.64. The van der Waals surface area contributed by atoms with Crippen LogP contribution >= 0.6 is 0 Å². The molecule has 7 nitrogen and oxygen atoms in total. The molecule has 0 spiro atoms. The fraction of sp³-hybridized carbons (Fsp3) is 0.400. The van der Waals surface area contributed by atoms with E-state index >= 15 is 0 Å². The molecule has 1 fully saturated rings. The summed E-state index contributed by atoms with van der Waals surface area (Å²) in [5.74, 6) is 0.548. The maximum Gasteiger partial charge on any atom is 0.251 e. The number of piperidine rings is 1. The standard InChI is InChI=1S/C20H25N3O4/c24-11-12-27-19-4-2-1-3-16(19)13-23-10-7-17(18(25)14-23)22-20(26)15-5-8-21-9-6-15/h1-6,8-9,17-18,24-25H,7,10-14H2,(H,22,26). The first-order valence-corrected chi connectivity index (χ1v) is 9.10. The number of nitrogens with zero attached hydrogens (tertiary/aromatic N) is 2. The van der Waals surface area contributed by atoms with Crippen LogP contribution in [0.5, 0.6) is 5.75 Å². The maximum atomic E-state index is 12.3. The smallest absolute Gasteiger partial charge is 0.251 e. The van der Waals surface area contributed by atoms with Crippen molar-refractivity contribution < 1.29 is 19.7 Å². The van der Waals surface area contributed by atoms with Crippen molar-refractivity contribution in [1.29, 1.82) is 0 Å². The Kier molecular flexibility index (Phi) is 6.75. The number of β-amino-alcohol motifs (C(OH)–C–C–N with tert-alkyl or cyclic N) is 1. The second-order valence-electron chi connectivity index (χ2n) is 6.59. The summed E-state index contributed by atoms with van der Waals surface area (Å²) in [6, 6.07) is 10.7. The van der Waals surface area contributed by atoms with Crippen LogP contribution in [0.1, 0.15) is 22.3 Å². The molecule has 1 aromatic heterocycles. The van der Waals surface area contributed by atoms with Gasteiger partial charge in [0.1, 0.15) is 12.4 Å². The molecule has 0 bridgehead atoms. The molecule has 0 saturated carbocycles. The molecule has 0 radical (unpaired) electrons. The molecule has 2 atom stereocenters. The third kappa shape index (κ3) is 5.26. The molecule has 2 aromatic rings. The summed E-state index contributed by atoms with van der Waals surface area (Å²) in [5.41, 5.74) is 1.55. The van der Waals surface area contributed by atoms with Crippen LogP contribution in [0.2, 0.25) is 0 Å². The number of carbonyl (C=O) groups excluding carboxylic acids is 1. The fourth-order valence-electron chi connectivity index (χ4n) is 3.24. The number of aliphatic hydroxyl groups excluding tert-OH is 2. The van der Waals surface area contributed by atoms with Gasteiger partial charge in [-0.05, 0) is 24.6 Å². The molecule has 0 aliphatic carbocycles. The Morgan fingerprint density at radius 1 is 1.26 bits per heavy atom. The fourth-order valence-corrected chi connectivity index (χ4v) is 3.24. The molecule has 2 unspecified atom stereocenters. The quantitative estimate of drug-likeness (QED) is 0.667. The van der Waals surface area contributed by atoms with E-state index in [4.69, 9.17) is 9.84 Å². The number of likely N-dealkylation sites (tertiary alicyclic amines) is 1. The summed E-state index contributed by atoms with van der Waals surface area (Å²) < 4.78 is 5.58. The van der Waals surface area contributed by atoms with Gasteiger partial charge in [0.15, 0.2) is 0 Å². The number of hydrogen-bond acceptors (Lipinski definition) is 6. The highest BCUT2D eigenvalue weighted by Crippen LogP contribution is 2.22. The van der Waals surface area contributed by atoms with Gasteiger partial charge in [-0.25, -0.2) is 0 Å². The number of rotatable bonds is 7. The average molecular weight is 371 g/mol. The molecule has 27 heavy (non-hydrogen) atoms. The van der Waals surface area contributed by atoms with Crippen molar-refractivity contribution in [3.8, 4) is 5.75 Å². The predicted octanol–water partition coefficient (Wildman–Crippen LogP) is 0.818. The Hall–Kier alpha value is -2.48. The Bertz CT molecular complexity index is 741. The van der Waals surface area contributed by atoms with E-state index in [-0.39, 0.29) is 25.2 Å². The second kappa shape index (κ2) is 9.45. The van der Waals surface area contributed by atoms with Gasteiger partial charge in [0.25, 0.3) is 5.91 Å². The largest absolute Gasteiger partial charge is 0.491 e. The second-order valence-corrected chi connectivity index (χ2v) is 6.59. The Balaban J connectivity index is 1.55. The number of aromatic nitrogens is 1. The topological polar surface area (TPSA) is 94.9 Å². The summed E-state index contributed by atoms with van der Waals surface area (Å²) in [5, 5.41) is 22.4. The predicted molar refractivity (Wildman–Crippen MR) is 100 cm³/mol. The SMILES string of the molecule is O=C(NC1CCN(Cc2ccccc2OCCO)CC1O)c1ccncc1. The highest BCUT2D eigenvalue weighted by molar-refractivity contribution is 5.94. The minimum atomic E-state index is -0.643. The molecule has 144 valence electrons. The van der Waals surface area contributed by atoms with E-state index in [1.54, 1.807) is 24.5 Å². The Labute approximate surface area is 158 Å². The highest BCUT2D eigenvalue weighted by atomic mass is 16.5. The molecule has 1 amide bonds. The van der Waals surface area contributed by atoms with Crippen molar-refractivity contribution in [3.63, 3.8) is 0 Å². The summed E-state index contributed by atoms with van der Waals surface area (Å²) >= 11 is 0. The summed E-state index contributed by atoms with van der Waals surface area (Å²) in [7, 11) is 0. The number of para-hydroxylation sites is 1. The van der Waals surface area contributed by atoms with Gasteiger partial charge in [0.2, 0.25) is 0 Å². The molecular weight excluding hydrogens is 346 g/mol. The summed E-state index contributed by atoms with van der Waals surface area (Å²) in [6.45, 7) is 2.09. The number of aliphatic hydroxyl groups is 2. The van der Waals surface area contributed by atoms with Crippen LogP contribution in [0.15, 0.2) is 48.8 Å². The lowest BCUT2D eigenvalue weighted by Crippen LogP contribution is -2.53. The lowest BCUT2D eigenvalue weighted by molar-refractivity contribution is 0.0346. The lowest BCUT2D eigenvalue weighted by atomic mass is 10.0. The van der Waals surface area contributed by atoms with Crippen LogP contribution in [0.3, 0.4) is 0 Å². The zero-order valence-electron chi connectivity index (χ0n) is 15.1. The first-order chi connectivity index (χ1) is 13.2. The van der Waals surface area contributed by atoms with E-state index in [0.717, 1.165) is 17.9 Å². The van der Waals surface area contributed by atoms with Gasteiger partial charge < -0.3 is 20.3 Å². The van der Waals surface area contributed by atoms with Crippen molar-refractivity contribution in [2.75, 3.05) is 26.3 Å². The first-order valence-electron chi connectivity index (χ1n) is 9.10. The van der Waals surface area contributed by atoms with Gasteiger partial charge in [-0.1, -0.05) is 18.2 Å². The highest BCUT2D eigenvalue weighted by Gasteiger charge is 2.29. The molecule has 1 aromatic carbocycles. The summed E-state index contributed by atoms with van der Waals surface area (Å²) in [6.07, 6.45) is 3.17. The molecule has 1 aliphatic rings. The van der Waals surface area contributed by atoms with Crippen LogP contribution in [0, 0.1) is 0 Å². The van der Waals surface area contributed by atoms with Crippen molar-refractivity contribution >= 4 is 5.91 Å². The minimum Gasteiger partial charge on any atom is -0.491 e. The van der Waals surface area contributed by atoms with E-state index in [9.17, 15) is 9.90 Å². The minimum absolute atomic E-state index is 0.0321. The molecule has 2 heterocycles. The van der Waals surface area contributed by atoms with Crippen molar-refractivity contribution in [1.82, 2.24) is 15.2 Å². The normalized spacial score (nSPS) is 20.2. The summed E-state index contributed by atoms with van der Waals surface area (Å²) in [4.78, 5) is 18.3. The number of ether oxygens (including phenoxy) is 1. The molecule has 1 saturated heterocycles. The van der Waals surface area contributed by atoms with Crippen LogP contribution in [-0.4, -0.2) is 64.5 Å². The van der Waals surface area contributed by atoms with Crippen LogP contribution in [0.25, 0.3) is 0 Å². The van der Waals surface area contributed by atoms with Crippen molar-refractivity contribution in [3.05, 3.63) is 59.9 Å². The zero-order valence-corrected chi connectivity index (χ0v) is 15.1. The molecular formula is C20H25N3O4. The van der Waals surface area contributed by atoms with E-state index in [2.05, 4.69) is 15.2 Å². The van der Waals surface area contributed by atoms with E-state index < -0.39 is 6.10 Å². The van der Waals surface area contributed by atoms with Gasteiger partial charge in [0.05, 0.1) is 18.8 Å². The Morgan fingerprint density at radius 2 is 2.04 bits per heavy atom. The van der Waals surface area contributed by atoms with Gasteiger partial charge in [-0.2, -0.15) is 0 Å². The number of benzene rings is 1. The molecule has 1 aliphatic heterocycles. The number of pyridine rings is 1. The van der Waals surface area contributed by atoms with Gasteiger partial charge in [-0.3, -0.25) is 14.7 Å². The van der Waals surface area contributed by atoms with Crippen LogP contribution in [0.4, 0.5) is 0 Å². The number of carbonyl (C=O) groups is 1. The number of nitrogens with one attached hydrogen (secondary N) is 1. The van der Waals surface area contributed by atoms with Crippen molar-refractivity contribution in [2.24, 2.45) is 0 Å². The molecule has 7 heteroatoms. The van der Waals surface area contributed by atoms with Crippen molar-refractivity contribution in [2.45, 2.75) is 25.1 Å². The Morgan fingerprint density at radius 3 is 2.78 bits per heavy atom. The number of amides is 1. The lowest BCUT2D eigenvalue weighted by Gasteiger charge is -2.36. The third-order valence-electron chi connectivity index (χ3n) is 4.64. The average Bonchev–Trinajstić information content (AvgIpc) is 2.70. The van der Waals surface area contributed by atoms with Crippen LogP contribution in [-0.2, 0) is 6.54 Å². The maximum absolute atomic E-state index is 12.3. The van der Waals surface area contributed by atoms with Gasteiger partial charge in [0, 0.05) is 43.2 Å². The van der Waals surface area contributed by atoms with E-state index in [1.165, 1.54) is 0 Å². The van der Waals surface area contributed by atoms with Gasteiger partial charge >= 0.3 is 0 Å². The number of hydrogen-bond donors (Lipinski definition) is 3. The molecule has 3 rings (SSSR count). The first kappa shape index (κ1) is 19.3. The van der Waals surface area contributed by atoms with E-state index in [0.29, 0.717) is 25.1 Å². The zero-order chi connectivity index (χ0) is 19.1. The molecule has 3 N–H and O–H groups in total.